The maximum Gasteiger partial charge on any atom is 0.407 e. The van der Waals surface area contributed by atoms with Gasteiger partial charge in [-0.2, -0.15) is 0 Å². The van der Waals surface area contributed by atoms with Crippen molar-refractivity contribution in [2.75, 3.05) is 13.1 Å². The van der Waals surface area contributed by atoms with E-state index >= 15 is 0 Å². The largest absolute Gasteiger partial charge is 0.444 e. The Morgan fingerprint density at radius 1 is 1.17 bits per heavy atom. The summed E-state index contributed by atoms with van der Waals surface area (Å²) in [7, 11) is 0. The molecule has 1 unspecified atom stereocenters. The molecule has 0 aromatic heterocycles. The van der Waals surface area contributed by atoms with Crippen molar-refractivity contribution < 1.29 is 9.53 Å². The van der Waals surface area contributed by atoms with Crippen molar-refractivity contribution in [1.29, 1.82) is 0 Å². The van der Waals surface area contributed by atoms with Gasteiger partial charge in [0, 0.05) is 12.6 Å². The number of amides is 1. The lowest BCUT2D eigenvalue weighted by atomic mass is 9.92. The summed E-state index contributed by atoms with van der Waals surface area (Å²) in [6, 6.07) is 0.250. The highest BCUT2D eigenvalue weighted by molar-refractivity contribution is 5.67. The van der Waals surface area contributed by atoms with Gasteiger partial charge < -0.3 is 15.4 Å². The molecule has 0 saturated heterocycles. The molecule has 0 aliphatic heterocycles. The van der Waals surface area contributed by atoms with E-state index < -0.39 is 5.60 Å². The first-order valence-electron chi connectivity index (χ1n) is 6.70. The summed E-state index contributed by atoms with van der Waals surface area (Å²) in [4.78, 5) is 11.4. The third-order valence-electron chi connectivity index (χ3n) is 2.32. The standard InChI is InChI=1S/C14H30N2O2/c1-11(15-9-8-13(2,3)4)10-16-12(17)18-14(5,6)7/h11,15H,8-10H2,1-7H3,(H,16,17). The minimum Gasteiger partial charge on any atom is -0.444 e. The van der Waals surface area contributed by atoms with Crippen LogP contribution in [0.25, 0.3) is 0 Å². The van der Waals surface area contributed by atoms with Gasteiger partial charge in [0.25, 0.3) is 0 Å². The van der Waals surface area contributed by atoms with Gasteiger partial charge in [-0.1, -0.05) is 20.8 Å². The Hall–Kier alpha value is -0.770. The highest BCUT2D eigenvalue weighted by Crippen LogP contribution is 2.16. The molecular weight excluding hydrogens is 228 g/mol. The Morgan fingerprint density at radius 2 is 1.72 bits per heavy atom. The second-order valence-electron chi connectivity index (χ2n) is 7.05. The summed E-state index contributed by atoms with van der Waals surface area (Å²) in [5.74, 6) is 0. The molecule has 108 valence electrons. The lowest BCUT2D eigenvalue weighted by Gasteiger charge is -2.22. The lowest BCUT2D eigenvalue weighted by Crippen LogP contribution is -2.41. The van der Waals surface area contributed by atoms with Crippen LogP contribution in [0.1, 0.15) is 54.9 Å². The molecule has 0 spiro atoms. The molecule has 2 N–H and O–H groups in total. The van der Waals surface area contributed by atoms with Gasteiger partial charge in [0.1, 0.15) is 5.60 Å². The van der Waals surface area contributed by atoms with E-state index in [-0.39, 0.29) is 12.1 Å². The number of hydrogen-bond donors (Lipinski definition) is 2. The molecule has 0 aliphatic rings. The van der Waals surface area contributed by atoms with E-state index in [1.807, 2.05) is 20.8 Å². The van der Waals surface area contributed by atoms with Crippen molar-refractivity contribution >= 4 is 6.09 Å². The number of ether oxygens (including phenoxy) is 1. The summed E-state index contributed by atoms with van der Waals surface area (Å²) in [6.07, 6.45) is 0.760. The van der Waals surface area contributed by atoms with Crippen LogP contribution in [0, 0.1) is 5.41 Å². The minimum atomic E-state index is -0.438. The maximum atomic E-state index is 11.4. The molecule has 0 rings (SSSR count). The number of carbonyl (C=O) groups is 1. The average Bonchev–Trinajstić information content (AvgIpc) is 2.09. The molecule has 0 aliphatic carbocycles. The van der Waals surface area contributed by atoms with Gasteiger partial charge in [0.05, 0.1) is 0 Å². The van der Waals surface area contributed by atoms with Crippen LogP contribution in [0.4, 0.5) is 4.79 Å². The Morgan fingerprint density at radius 3 is 2.17 bits per heavy atom. The molecule has 0 saturated carbocycles. The number of nitrogens with one attached hydrogen (secondary N) is 2. The molecule has 0 radical (unpaired) electrons. The Bertz CT molecular complexity index is 252. The minimum absolute atomic E-state index is 0.250. The zero-order chi connectivity index (χ0) is 14.4. The van der Waals surface area contributed by atoms with Crippen molar-refractivity contribution in [3.63, 3.8) is 0 Å². The van der Waals surface area contributed by atoms with Crippen LogP contribution in [0.3, 0.4) is 0 Å². The summed E-state index contributed by atoms with van der Waals surface area (Å²) < 4.78 is 5.17. The smallest absolute Gasteiger partial charge is 0.407 e. The molecule has 1 atom stereocenters. The van der Waals surface area contributed by atoms with Gasteiger partial charge in [-0.25, -0.2) is 4.79 Å². The van der Waals surface area contributed by atoms with Gasteiger partial charge in [-0.3, -0.25) is 0 Å². The van der Waals surface area contributed by atoms with Gasteiger partial charge in [-0.05, 0) is 46.1 Å². The fourth-order valence-corrected chi connectivity index (χ4v) is 1.32. The van der Waals surface area contributed by atoms with E-state index in [0.29, 0.717) is 12.0 Å². The molecule has 0 aromatic carbocycles. The van der Waals surface area contributed by atoms with Crippen LogP contribution in [-0.4, -0.2) is 30.8 Å². The van der Waals surface area contributed by atoms with Gasteiger partial charge >= 0.3 is 6.09 Å². The van der Waals surface area contributed by atoms with E-state index in [9.17, 15) is 4.79 Å². The molecule has 0 aromatic rings. The first-order valence-corrected chi connectivity index (χ1v) is 6.70. The van der Waals surface area contributed by atoms with Crippen LogP contribution in [0.15, 0.2) is 0 Å². The van der Waals surface area contributed by atoms with E-state index in [1.165, 1.54) is 0 Å². The summed E-state index contributed by atoms with van der Waals surface area (Å²) in [5.41, 5.74) is -0.0989. The second-order valence-corrected chi connectivity index (χ2v) is 7.05. The summed E-state index contributed by atoms with van der Waals surface area (Å²) in [6.45, 7) is 15.8. The second kappa shape index (κ2) is 6.98. The molecule has 0 fully saturated rings. The van der Waals surface area contributed by atoms with Gasteiger partial charge in [0.2, 0.25) is 0 Å². The van der Waals surface area contributed by atoms with Crippen molar-refractivity contribution in [2.45, 2.75) is 66.5 Å². The van der Waals surface area contributed by atoms with Crippen LogP contribution in [0.2, 0.25) is 0 Å². The van der Waals surface area contributed by atoms with Crippen LogP contribution < -0.4 is 10.6 Å². The third kappa shape index (κ3) is 11.7. The number of rotatable bonds is 5. The molecule has 4 heteroatoms. The molecule has 1 amide bonds. The van der Waals surface area contributed by atoms with Crippen molar-refractivity contribution in [1.82, 2.24) is 10.6 Å². The van der Waals surface area contributed by atoms with Gasteiger partial charge in [-0.15, -0.1) is 0 Å². The number of carbonyl (C=O) groups excluding carboxylic acids is 1. The highest BCUT2D eigenvalue weighted by Gasteiger charge is 2.16. The van der Waals surface area contributed by atoms with Crippen LogP contribution in [-0.2, 0) is 4.74 Å². The summed E-state index contributed by atoms with van der Waals surface area (Å²) in [5, 5.41) is 6.15. The first-order chi connectivity index (χ1) is 7.99. The van der Waals surface area contributed by atoms with E-state index in [4.69, 9.17) is 4.74 Å². The number of alkyl carbamates (subject to hydrolysis) is 1. The SMILES string of the molecule is CC(CNC(=O)OC(C)(C)C)NCCC(C)(C)C. The predicted octanol–water partition coefficient (Wildman–Crippen LogP) is 2.93. The third-order valence-corrected chi connectivity index (χ3v) is 2.32. The Balaban J connectivity index is 3.71. The zero-order valence-corrected chi connectivity index (χ0v) is 13.0. The fourth-order valence-electron chi connectivity index (χ4n) is 1.32. The fraction of sp³-hybridized carbons (Fsp3) is 0.929. The van der Waals surface area contributed by atoms with Crippen molar-refractivity contribution in [2.24, 2.45) is 5.41 Å². The Labute approximate surface area is 112 Å². The highest BCUT2D eigenvalue weighted by atomic mass is 16.6. The van der Waals surface area contributed by atoms with Gasteiger partial charge in [0.15, 0.2) is 0 Å². The molecule has 0 heterocycles. The first kappa shape index (κ1) is 17.2. The van der Waals surface area contributed by atoms with E-state index in [1.54, 1.807) is 0 Å². The average molecular weight is 258 g/mol. The van der Waals surface area contributed by atoms with Crippen LogP contribution in [0.5, 0.6) is 0 Å². The number of hydrogen-bond acceptors (Lipinski definition) is 3. The molecule has 0 bridgehead atoms. The van der Waals surface area contributed by atoms with E-state index in [0.717, 1.165) is 13.0 Å². The monoisotopic (exact) mass is 258 g/mol. The van der Waals surface area contributed by atoms with Crippen molar-refractivity contribution in [3.8, 4) is 0 Å². The topological polar surface area (TPSA) is 50.4 Å². The predicted molar refractivity (Wildman–Crippen MR) is 75.8 cm³/mol. The molecule has 4 nitrogen and oxygen atoms in total. The summed E-state index contributed by atoms with van der Waals surface area (Å²) >= 11 is 0. The van der Waals surface area contributed by atoms with Crippen molar-refractivity contribution in [3.05, 3.63) is 0 Å². The van der Waals surface area contributed by atoms with E-state index in [2.05, 4.69) is 38.3 Å². The molecule has 18 heavy (non-hydrogen) atoms. The zero-order valence-electron chi connectivity index (χ0n) is 13.0. The Kier molecular flexibility index (Phi) is 6.68. The normalized spacial score (nSPS) is 14.2. The van der Waals surface area contributed by atoms with Crippen LogP contribution >= 0.6 is 0 Å². The maximum absolute atomic E-state index is 11.4. The molecular formula is C14H30N2O2. The quantitative estimate of drug-likeness (QED) is 0.797. The lowest BCUT2D eigenvalue weighted by molar-refractivity contribution is 0.0523.